The van der Waals surface area contributed by atoms with E-state index >= 15 is 0 Å². The van der Waals surface area contributed by atoms with E-state index in [1.54, 1.807) is 24.3 Å². The van der Waals surface area contributed by atoms with Gasteiger partial charge in [-0.05, 0) is 49.4 Å². The summed E-state index contributed by atoms with van der Waals surface area (Å²) in [5.41, 5.74) is 5.92. The molecule has 0 aliphatic heterocycles. The van der Waals surface area contributed by atoms with Gasteiger partial charge in [-0.3, -0.25) is 0 Å². The summed E-state index contributed by atoms with van der Waals surface area (Å²) < 4.78 is 32.5. The summed E-state index contributed by atoms with van der Waals surface area (Å²) in [7, 11) is -3.49. The van der Waals surface area contributed by atoms with Crippen LogP contribution in [0, 0.1) is 5.92 Å². The fraction of sp³-hybridized carbons (Fsp3) is 0.625. The van der Waals surface area contributed by atoms with Crippen LogP contribution in [0.15, 0.2) is 29.2 Å². The Kier molecular flexibility index (Phi) is 8.33. The number of nitrogens with one attached hydrogen (secondary N) is 1. The van der Waals surface area contributed by atoms with E-state index in [1.165, 1.54) is 0 Å². The smallest absolute Gasteiger partial charge is 0.240 e. The molecule has 3 N–H and O–H groups in total. The third-order valence-electron chi connectivity index (χ3n) is 3.89. The molecule has 1 saturated carbocycles. The normalized spacial score (nSPS) is 15.7. The Balaban J connectivity index is 0.00000264. The molecule has 0 aromatic heterocycles. The Hall–Kier alpha value is -0.820. The third kappa shape index (κ3) is 6.67. The molecule has 0 radical (unpaired) electrons. The summed E-state index contributed by atoms with van der Waals surface area (Å²) in [5, 5.41) is 0. The summed E-state index contributed by atoms with van der Waals surface area (Å²) in [5.74, 6) is 1.17. The molecule has 1 aliphatic rings. The maximum atomic E-state index is 12.2. The zero-order valence-corrected chi connectivity index (χ0v) is 15.2. The predicted molar refractivity (Wildman–Crippen MR) is 94.6 cm³/mol. The lowest BCUT2D eigenvalue weighted by Gasteiger charge is -2.12. The molecule has 23 heavy (non-hydrogen) atoms. The van der Waals surface area contributed by atoms with Crippen molar-refractivity contribution in [2.24, 2.45) is 11.7 Å². The number of benzene rings is 1. The summed E-state index contributed by atoms with van der Waals surface area (Å²) in [6, 6.07) is 6.44. The molecule has 0 spiro atoms. The van der Waals surface area contributed by atoms with E-state index in [2.05, 4.69) is 11.6 Å². The van der Waals surface area contributed by atoms with E-state index in [9.17, 15) is 8.42 Å². The summed E-state index contributed by atoms with van der Waals surface area (Å²) in [4.78, 5) is 0.247. The van der Waals surface area contributed by atoms with Crippen molar-refractivity contribution in [3.8, 4) is 5.75 Å². The Morgan fingerprint density at radius 1 is 1.26 bits per heavy atom. The van der Waals surface area contributed by atoms with E-state index < -0.39 is 10.0 Å². The second-order valence-corrected chi connectivity index (χ2v) is 7.65. The highest BCUT2D eigenvalue weighted by Crippen LogP contribution is 2.31. The van der Waals surface area contributed by atoms with Crippen LogP contribution in [-0.2, 0) is 10.0 Å². The van der Waals surface area contributed by atoms with E-state index in [1.807, 2.05) is 0 Å². The molecule has 7 heteroatoms. The zero-order chi connectivity index (χ0) is 16.0. The second-order valence-electron chi connectivity index (χ2n) is 5.88. The average molecular weight is 363 g/mol. The van der Waals surface area contributed by atoms with Gasteiger partial charge >= 0.3 is 0 Å². The molecule has 1 unspecified atom stereocenters. The van der Waals surface area contributed by atoms with Gasteiger partial charge in [0.2, 0.25) is 10.0 Å². The minimum Gasteiger partial charge on any atom is -0.494 e. The van der Waals surface area contributed by atoms with Crippen LogP contribution in [0.4, 0.5) is 0 Å². The number of halogens is 1. The highest BCUT2D eigenvalue weighted by Gasteiger charge is 2.29. The molecule has 132 valence electrons. The highest BCUT2D eigenvalue weighted by molar-refractivity contribution is 7.89. The molecule has 0 heterocycles. The highest BCUT2D eigenvalue weighted by atomic mass is 35.5. The lowest BCUT2D eigenvalue weighted by atomic mass is 10.2. The van der Waals surface area contributed by atoms with Crippen LogP contribution in [0.5, 0.6) is 5.75 Å². The Morgan fingerprint density at radius 3 is 2.48 bits per heavy atom. The second kappa shape index (κ2) is 9.47. The maximum absolute atomic E-state index is 12.2. The van der Waals surface area contributed by atoms with Gasteiger partial charge in [-0.2, -0.15) is 0 Å². The van der Waals surface area contributed by atoms with Gasteiger partial charge in [-0.1, -0.05) is 19.8 Å². The Labute approximate surface area is 145 Å². The topological polar surface area (TPSA) is 81.4 Å². The first-order chi connectivity index (χ1) is 10.5. The van der Waals surface area contributed by atoms with Gasteiger partial charge in [0.1, 0.15) is 5.75 Å². The van der Waals surface area contributed by atoms with E-state index in [-0.39, 0.29) is 23.3 Å². The SMILES string of the molecule is CCCCCOc1ccc(S(=O)(=O)NCC(N)C2CC2)cc1.Cl. The third-order valence-corrected chi connectivity index (χ3v) is 5.33. The number of unbranched alkanes of at least 4 members (excludes halogenated alkanes) is 2. The van der Waals surface area contributed by atoms with Crippen molar-refractivity contribution in [3.05, 3.63) is 24.3 Å². The number of hydrogen-bond acceptors (Lipinski definition) is 4. The molecule has 2 rings (SSSR count). The molecule has 0 saturated heterocycles. The van der Waals surface area contributed by atoms with Gasteiger partial charge in [0.25, 0.3) is 0 Å². The molecule has 1 atom stereocenters. The minimum atomic E-state index is -3.49. The monoisotopic (exact) mass is 362 g/mol. The van der Waals surface area contributed by atoms with Gasteiger partial charge in [0.05, 0.1) is 11.5 Å². The van der Waals surface area contributed by atoms with Crippen LogP contribution in [0.2, 0.25) is 0 Å². The Morgan fingerprint density at radius 2 is 1.91 bits per heavy atom. The molecular weight excluding hydrogens is 336 g/mol. The average Bonchev–Trinajstić information content (AvgIpc) is 3.35. The number of hydrogen-bond donors (Lipinski definition) is 2. The number of ether oxygens (including phenoxy) is 1. The van der Waals surface area contributed by atoms with Gasteiger partial charge in [-0.25, -0.2) is 13.1 Å². The minimum absolute atomic E-state index is 0. The fourth-order valence-corrected chi connectivity index (χ4v) is 3.31. The molecule has 5 nitrogen and oxygen atoms in total. The van der Waals surface area contributed by atoms with Crippen molar-refractivity contribution in [1.82, 2.24) is 4.72 Å². The van der Waals surface area contributed by atoms with Crippen molar-refractivity contribution in [3.63, 3.8) is 0 Å². The number of rotatable bonds is 10. The van der Waals surface area contributed by atoms with Crippen LogP contribution in [0.25, 0.3) is 0 Å². The molecule has 0 bridgehead atoms. The lowest BCUT2D eigenvalue weighted by Crippen LogP contribution is -2.38. The van der Waals surface area contributed by atoms with Crippen molar-refractivity contribution >= 4 is 22.4 Å². The van der Waals surface area contributed by atoms with E-state index in [4.69, 9.17) is 10.5 Å². The van der Waals surface area contributed by atoms with Crippen LogP contribution in [0.1, 0.15) is 39.0 Å². The summed E-state index contributed by atoms with van der Waals surface area (Å²) in [6.07, 6.45) is 5.50. The zero-order valence-electron chi connectivity index (χ0n) is 13.5. The van der Waals surface area contributed by atoms with Crippen LogP contribution in [-0.4, -0.2) is 27.6 Å². The molecule has 1 fully saturated rings. The van der Waals surface area contributed by atoms with E-state index in [0.29, 0.717) is 24.8 Å². The van der Waals surface area contributed by atoms with Crippen LogP contribution in [0.3, 0.4) is 0 Å². The fourth-order valence-electron chi connectivity index (χ4n) is 2.24. The largest absolute Gasteiger partial charge is 0.494 e. The van der Waals surface area contributed by atoms with Crippen molar-refractivity contribution in [2.75, 3.05) is 13.2 Å². The summed E-state index contributed by atoms with van der Waals surface area (Å²) in [6.45, 7) is 3.10. The molecule has 1 aromatic carbocycles. The van der Waals surface area contributed by atoms with Crippen molar-refractivity contribution < 1.29 is 13.2 Å². The predicted octanol–water partition coefficient (Wildman–Crippen LogP) is 2.69. The van der Waals surface area contributed by atoms with E-state index in [0.717, 1.165) is 32.1 Å². The molecule has 0 amide bonds. The molecular formula is C16H27ClN2O3S. The first-order valence-corrected chi connectivity index (χ1v) is 9.49. The van der Waals surface area contributed by atoms with Crippen LogP contribution >= 0.6 is 12.4 Å². The van der Waals surface area contributed by atoms with Gasteiger partial charge in [-0.15, -0.1) is 12.4 Å². The summed E-state index contributed by atoms with van der Waals surface area (Å²) >= 11 is 0. The standard InChI is InChI=1S/C16H26N2O3S.ClH/c1-2-3-4-11-21-14-7-9-15(10-8-14)22(19,20)18-12-16(17)13-5-6-13;/h7-10,13,16,18H,2-6,11-12,17H2,1H3;1H. The quantitative estimate of drug-likeness (QED) is 0.627. The molecule has 1 aromatic rings. The number of nitrogens with two attached hydrogens (primary N) is 1. The molecule has 1 aliphatic carbocycles. The lowest BCUT2D eigenvalue weighted by molar-refractivity contribution is 0.306. The van der Waals surface area contributed by atoms with Crippen LogP contribution < -0.4 is 15.2 Å². The number of sulfonamides is 1. The van der Waals surface area contributed by atoms with Crippen molar-refractivity contribution in [2.45, 2.75) is 50.0 Å². The van der Waals surface area contributed by atoms with Gasteiger partial charge in [0.15, 0.2) is 0 Å². The van der Waals surface area contributed by atoms with Gasteiger partial charge in [0, 0.05) is 12.6 Å². The maximum Gasteiger partial charge on any atom is 0.240 e. The van der Waals surface area contributed by atoms with Crippen molar-refractivity contribution in [1.29, 1.82) is 0 Å². The first-order valence-electron chi connectivity index (χ1n) is 8.01. The van der Waals surface area contributed by atoms with Gasteiger partial charge < -0.3 is 10.5 Å². The Bertz CT molecular complexity index is 559. The first kappa shape index (κ1) is 20.2.